The van der Waals surface area contributed by atoms with Crippen molar-refractivity contribution >= 4 is 23.2 Å². The number of hydrogen-bond donors (Lipinski definition) is 2. The van der Waals surface area contributed by atoms with Crippen molar-refractivity contribution in [3.05, 3.63) is 64.7 Å². The second kappa shape index (κ2) is 7.14. The third-order valence-electron chi connectivity index (χ3n) is 3.27. The summed E-state index contributed by atoms with van der Waals surface area (Å²) in [7, 11) is 0. The number of amides is 1. The molecule has 110 valence electrons. The van der Waals surface area contributed by atoms with Crippen molar-refractivity contribution in [1.82, 2.24) is 5.32 Å². The molecule has 3 N–H and O–H groups in total. The Bertz CT molecular complexity index is 593. The first-order chi connectivity index (χ1) is 10.1. The monoisotopic (exact) mass is 302 g/mol. The average molecular weight is 303 g/mol. The Hall–Kier alpha value is -2.00. The summed E-state index contributed by atoms with van der Waals surface area (Å²) in [5.74, 6) is -0.161. The largest absolute Gasteiger partial charge is 0.399 e. The minimum absolute atomic E-state index is 0.0103. The summed E-state index contributed by atoms with van der Waals surface area (Å²) in [6.07, 6.45) is 1.86. The molecule has 1 unspecified atom stereocenters. The Morgan fingerprint density at radius 3 is 2.57 bits per heavy atom. The van der Waals surface area contributed by atoms with Crippen LogP contribution in [0.15, 0.2) is 48.5 Å². The van der Waals surface area contributed by atoms with Crippen LogP contribution in [-0.2, 0) is 0 Å². The van der Waals surface area contributed by atoms with Gasteiger partial charge in [0.05, 0.1) is 6.04 Å². The first-order valence-corrected chi connectivity index (χ1v) is 7.40. The highest BCUT2D eigenvalue weighted by Gasteiger charge is 2.15. The van der Waals surface area contributed by atoms with Crippen LogP contribution in [0.2, 0.25) is 5.02 Å². The van der Waals surface area contributed by atoms with Crippen LogP contribution >= 0.6 is 11.6 Å². The molecule has 2 rings (SSSR count). The summed E-state index contributed by atoms with van der Waals surface area (Å²) in [6.45, 7) is 2.10. The Morgan fingerprint density at radius 2 is 1.95 bits per heavy atom. The molecule has 1 atom stereocenters. The van der Waals surface area contributed by atoms with E-state index in [1.165, 1.54) is 0 Å². The number of carbonyl (C=O) groups is 1. The zero-order valence-electron chi connectivity index (χ0n) is 12.0. The normalized spacial score (nSPS) is 11.9. The van der Waals surface area contributed by atoms with Crippen molar-refractivity contribution in [1.29, 1.82) is 0 Å². The van der Waals surface area contributed by atoms with E-state index in [2.05, 4.69) is 12.2 Å². The predicted molar refractivity (Wildman–Crippen MR) is 87.4 cm³/mol. The average Bonchev–Trinajstić information content (AvgIpc) is 2.46. The van der Waals surface area contributed by atoms with E-state index >= 15 is 0 Å². The molecule has 0 fully saturated rings. The van der Waals surface area contributed by atoms with Crippen LogP contribution < -0.4 is 11.1 Å². The van der Waals surface area contributed by atoms with Crippen molar-refractivity contribution in [3.8, 4) is 0 Å². The van der Waals surface area contributed by atoms with Gasteiger partial charge in [0.1, 0.15) is 0 Å². The van der Waals surface area contributed by atoms with Crippen LogP contribution in [-0.4, -0.2) is 5.91 Å². The van der Waals surface area contributed by atoms with Gasteiger partial charge in [0.25, 0.3) is 5.91 Å². The molecule has 3 nitrogen and oxygen atoms in total. The van der Waals surface area contributed by atoms with Crippen molar-refractivity contribution in [2.24, 2.45) is 0 Å². The highest BCUT2D eigenvalue weighted by molar-refractivity contribution is 6.31. The van der Waals surface area contributed by atoms with Crippen LogP contribution in [0.1, 0.15) is 41.7 Å². The summed E-state index contributed by atoms with van der Waals surface area (Å²) in [6, 6.07) is 14.8. The van der Waals surface area contributed by atoms with Crippen LogP contribution in [0, 0.1) is 0 Å². The molecule has 21 heavy (non-hydrogen) atoms. The predicted octanol–water partition coefficient (Wildman–Crippen LogP) is 4.19. The lowest BCUT2D eigenvalue weighted by molar-refractivity contribution is 0.0934. The summed E-state index contributed by atoms with van der Waals surface area (Å²) < 4.78 is 0. The maximum absolute atomic E-state index is 12.4. The quantitative estimate of drug-likeness (QED) is 0.814. The zero-order valence-corrected chi connectivity index (χ0v) is 12.7. The van der Waals surface area contributed by atoms with Gasteiger partial charge in [-0.15, -0.1) is 0 Å². The van der Waals surface area contributed by atoms with Gasteiger partial charge in [-0.2, -0.15) is 0 Å². The molecule has 1 amide bonds. The molecule has 0 spiro atoms. The van der Waals surface area contributed by atoms with Gasteiger partial charge in [0, 0.05) is 16.3 Å². The molecule has 0 aromatic heterocycles. The molecule has 0 aliphatic rings. The lowest BCUT2D eigenvalue weighted by Gasteiger charge is -2.19. The molecule has 0 bridgehead atoms. The fourth-order valence-electron chi connectivity index (χ4n) is 2.28. The van der Waals surface area contributed by atoms with Gasteiger partial charge in [-0.05, 0) is 30.2 Å². The van der Waals surface area contributed by atoms with E-state index in [1.54, 1.807) is 18.2 Å². The first kappa shape index (κ1) is 15.4. The molecule has 0 aliphatic heterocycles. The number of nitrogens with two attached hydrogens (primary N) is 1. The minimum Gasteiger partial charge on any atom is -0.399 e. The Labute approximate surface area is 130 Å². The molecule has 0 saturated heterocycles. The number of nitrogen functional groups attached to an aromatic ring is 1. The van der Waals surface area contributed by atoms with E-state index in [-0.39, 0.29) is 11.9 Å². The van der Waals surface area contributed by atoms with E-state index < -0.39 is 0 Å². The first-order valence-electron chi connectivity index (χ1n) is 7.02. The smallest absolute Gasteiger partial charge is 0.251 e. The fourth-order valence-corrected chi connectivity index (χ4v) is 2.52. The number of carbonyl (C=O) groups excluding carboxylic acids is 1. The summed E-state index contributed by atoms with van der Waals surface area (Å²) in [5, 5.41) is 3.52. The number of anilines is 1. The van der Waals surface area contributed by atoms with Gasteiger partial charge in [-0.3, -0.25) is 4.79 Å². The van der Waals surface area contributed by atoms with Crippen molar-refractivity contribution < 1.29 is 4.79 Å². The van der Waals surface area contributed by atoms with Gasteiger partial charge in [-0.25, -0.2) is 0 Å². The second-order valence-electron chi connectivity index (χ2n) is 5.00. The number of rotatable bonds is 5. The maximum Gasteiger partial charge on any atom is 0.251 e. The molecule has 2 aromatic rings. The Kier molecular flexibility index (Phi) is 5.23. The topological polar surface area (TPSA) is 55.1 Å². The van der Waals surface area contributed by atoms with Gasteiger partial charge < -0.3 is 11.1 Å². The third-order valence-corrected chi connectivity index (χ3v) is 3.49. The van der Waals surface area contributed by atoms with Crippen LogP contribution in [0.4, 0.5) is 5.69 Å². The van der Waals surface area contributed by atoms with Crippen molar-refractivity contribution in [2.75, 3.05) is 5.73 Å². The molecular weight excluding hydrogens is 284 g/mol. The van der Waals surface area contributed by atoms with Gasteiger partial charge in [0.2, 0.25) is 0 Å². The Morgan fingerprint density at radius 1 is 1.24 bits per heavy atom. The van der Waals surface area contributed by atoms with Crippen LogP contribution in [0.3, 0.4) is 0 Å². The Balaban J connectivity index is 2.18. The number of hydrogen-bond acceptors (Lipinski definition) is 2. The van der Waals surface area contributed by atoms with E-state index in [4.69, 9.17) is 17.3 Å². The highest BCUT2D eigenvalue weighted by atomic mass is 35.5. The molecule has 0 radical (unpaired) electrons. The summed E-state index contributed by atoms with van der Waals surface area (Å²) in [4.78, 5) is 12.4. The highest BCUT2D eigenvalue weighted by Crippen LogP contribution is 2.21. The standard InChI is InChI=1S/C17H19ClN2O/c1-2-6-16(12-7-4-3-5-8-12)20-17(21)13-9-14(18)11-15(19)10-13/h3-5,7-11,16H,2,6,19H2,1H3,(H,20,21). The fraction of sp³-hybridized carbons (Fsp3) is 0.235. The lowest BCUT2D eigenvalue weighted by atomic mass is 10.0. The maximum atomic E-state index is 12.4. The second-order valence-corrected chi connectivity index (χ2v) is 5.44. The molecule has 0 saturated carbocycles. The van der Waals surface area contributed by atoms with Crippen LogP contribution in [0.25, 0.3) is 0 Å². The van der Waals surface area contributed by atoms with Crippen LogP contribution in [0.5, 0.6) is 0 Å². The van der Waals surface area contributed by atoms with E-state index in [0.29, 0.717) is 16.3 Å². The van der Waals surface area contributed by atoms with Crippen molar-refractivity contribution in [3.63, 3.8) is 0 Å². The lowest BCUT2D eigenvalue weighted by Crippen LogP contribution is -2.28. The molecule has 2 aromatic carbocycles. The number of nitrogens with one attached hydrogen (secondary N) is 1. The van der Waals surface area contributed by atoms with Gasteiger partial charge in [0.15, 0.2) is 0 Å². The van der Waals surface area contributed by atoms with E-state index in [0.717, 1.165) is 18.4 Å². The number of benzene rings is 2. The molecule has 0 heterocycles. The van der Waals surface area contributed by atoms with E-state index in [1.807, 2.05) is 30.3 Å². The molecule has 4 heteroatoms. The summed E-state index contributed by atoms with van der Waals surface area (Å²) >= 11 is 5.95. The van der Waals surface area contributed by atoms with E-state index in [9.17, 15) is 4.79 Å². The third kappa shape index (κ3) is 4.23. The minimum atomic E-state index is -0.161. The zero-order chi connectivity index (χ0) is 15.2. The van der Waals surface area contributed by atoms with Gasteiger partial charge in [-0.1, -0.05) is 55.3 Å². The SMILES string of the molecule is CCCC(NC(=O)c1cc(N)cc(Cl)c1)c1ccccc1. The number of halogens is 1. The molecular formula is C17H19ClN2O. The summed E-state index contributed by atoms with van der Waals surface area (Å²) in [5.41, 5.74) is 7.80. The van der Waals surface area contributed by atoms with Gasteiger partial charge >= 0.3 is 0 Å². The molecule has 0 aliphatic carbocycles. The van der Waals surface area contributed by atoms with Crippen molar-refractivity contribution in [2.45, 2.75) is 25.8 Å².